The Balaban J connectivity index is 0. The Kier molecular flexibility index (Phi) is 3.25. The Morgan fingerprint density at radius 3 is 0.833 bits per heavy atom. The van der Waals surface area contributed by atoms with E-state index < -0.39 is 7.25 Å². The number of hydrogen-bond donors (Lipinski definition) is 0. The molecule has 0 spiro atoms. The second-order valence-electron chi connectivity index (χ2n) is 0.495. The average molecular weight is 97.6 g/mol. The average Bonchev–Trinajstić information content (AvgIpc) is 0.722. The molecule has 0 fully saturated rings. The summed E-state index contributed by atoms with van der Waals surface area (Å²) in [6.45, 7) is 0. The molecule has 0 saturated heterocycles. The van der Waals surface area contributed by atoms with Crippen LogP contribution in [0.4, 0.5) is 17.3 Å². The highest BCUT2D eigenvalue weighted by molar-refractivity contribution is 6.50. The van der Waals surface area contributed by atoms with E-state index in [2.05, 4.69) is 0 Å². The fourth-order valence-electron chi connectivity index (χ4n) is 0. The van der Waals surface area contributed by atoms with Crippen LogP contribution in [0.1, 0.15) is 0 Å². The molecule has 0 aromatic heterocycles. The summed E-state index contributed by atoms with van der Waals surface area (Å²) in [5, 5.41) is 0. The zero-order chi connectivity index (χ0) is 4.50. The highest BCUT2D eigenvalue weighted by atomic mass is 19.5. The van der Waals surface area contributed by atoms with Crippen molar-refractivity contribution in [3.05, 3.63) is 0 Å². The summed E-state index contributed by atoms with van der Waals surface area (Å²) in [7, 11) is -6.00. The van der Waals surface area contributed by atoms with Crippen LogP contribution >= 0.6 is 0 Å². The second kappa shape index (κ2) is 2.10. The van der Waals surface area contributed by atoms with Crippen LogP contribution in [0.2, 0.25) is 0 Å². The van der Waals surface area contributed by atoms with Crippen molar-refractivity contribution in [2.24, 2.45) is 0 Å². The summed E-state index contributed by atoms with van der Waals surface area (Å²) in [4.78, 5) is 0. The third-order valence-corrected chi connectivity index (χ3v) is 0. The number of rotatable bonds is 0. The van der Waals surface area contributed by atoms with Crippen molar-refractivity contribution < 1.29 is 17.3 Å². The van der Waals surface area contributed by atoms with Gasteiger partial charge in [-0.1, -0.05) is 0 Å². The molecule has 0 bridgehead atoms. The van der Waals surface area contributed by atoms with E-state index in [0.717, 1.165) is 0 Å². The van der Waals surface area contributed by atoms with Gasteiger partial charge in [-0.2, -0.15) is 0 Å². The maximum absolute atomic E-state index is 9.75. The lowest BCUT2D eigenvalue weighted by atomic mass is 10.3. The molecule has 0 aromatic rings. The molecule has 0 nitrogen and oxygen atoms in total. The molecule has 0 amide bonds. The van der Waals surface area contributed by atoms with Gasteiger partial charge in [-0.25, -0.2) is 0 Å². The van der Waals surface area contributed by atoms with Gasteiger partial charge >= 0.3 is 7.25 Å². The summed E-state index contributed by atoms with van der Waals surface area (Å²) >= 11 is 0. The van der Waals surface area contributed by atoms with Gasteiger partial charge in [0.05, 0.1) is 0 Å². The fourth-order valence-corrected chi connectivity index (χ4v) is 0. The minimum absolute atomic E-state index is 0. The van der Waals surface area contributed by atoms with Gasteiger partial charge in [0.15, 0.2) is 0 Å². The molecule has 0 aromatic carbocycles. The van der Waals surface area contributed by atoms with Crippen molar-refractivity contribution in [3.63, 3.8) is 0 Å². The van der Waals surface area contributed by atoms with Gasteiger partial charge < -0.3 is 17.3 Å². The smallest absolute Gasteiger partial charge is 0.418 e. The van der Waals surface area contributed by atoms with E-state index in [4.69, 9.17) is 0 Å². The topological polar surface area (TPSA) is 0 Å². The molecule has 0 N–H and O–H groups in total. The minimum atomic E-state index is -6.00. The first-order chi connectivity index (χ1) is 2.00. The summed E-state index contributed by atoms with van der Waals surface area (Å²) in [5.74, 6) is 0. The molecular weight excluding hydrogens is 97.6 g/mol. The SMILES string of the molecule is F[B-](F)(F)F.[B]. The first-order valence-corrected chi connectivity index (χ1v) is 0.873. The van der Waals surface area contributed by atoms with Crippen LogP contribution in [0, 0.1) is 0 Å². The van der Waals surface area contributed by atoms with Crippen molar-refractivity contribution in [3.8, 4) is 0 Å². The highest BCUT2D eigenvalue weighted by Gasteiger charge is 2.20. The molecule has 0 unspecified atom stereocenters. The van der Waals surface area contributed by atoms with E-state index in [-0.39, 0.29) is 8.41 Å². The van der Waals surface area contributed by atoms with Crippen molar-refractivity contribution in [2.75, 3.05) is 0 Å². The van der Waals surface area contributed by atoms with Crippen LogP contribution in [0.5, 0.6) is 0 Å². The van der Waals surface area contributed by atoms with E-state index in [9.17, 15) is 17.3 Å². The van der Waals surface area contributed by atoms with Crippen LogP contribution in [0.15, 0.2) is 0 Å². The lowest BCUT2D eigenvalue weighted by Gasteiger charge is -1.94. The Bertz CT molecular complexity index is 21.0. The largest absolute Gasteiger partial charge is 0.673 e. The molecule has 0 aliphatic carbocycles. The van der Waals surface area contributed by atoms with Gasteiger partial charge in [-0.15, -0.1) is 0 Å². The van der Waals surface area contributed by atoms with Crippen molar-refractivity contribution in [1.82, 2.24) is 0 Å². The van der Waals surface area contributed by atoms with E-state index >= 15 is 0 Å². The molecule has 3 radical (unpaired) electrons. The lowest BCUT2D eigenvalue weighted by Crippen LogP contribution is -2.02. The van der Waals surface area contributed by atoms with Crippen LogP contribution in [0.3, 0.4) is 0 Å². The summed E-state index contributed by atoms with van der Waals surface area (Å²) in [5.41, 5.74) is 0. The van der Waals surface area contributed by atoms with Crippen molar-refractivity contribution in [2.45, 2.75) is 0 Å². The molecule has 35 valence electrons. The fraction of sp³-hybridized carbons (Fsp3) is 0. The molecule has 0 aliphatic heterocycles. The monoisotopic (exact) mass is 98.0 g/mol. The Labute approximate surface area is 34.2 Å². The summed E-state index contributed by atoms with van der Waals surface area (Å²) in [6, 6.07) is 0. The van der Waals surface area contributed by atoms with Gasteiger partial charge in [-0.3, -0.25) is 0 Å². The molecule has 0 aliphatic rings. The van der Waals surface area contributed by atoms with Gasteiger partial charge in [0, 0.05) is 8.41 Å². The summed E-state index contributed by atoms with van der Waals surface area (Å²) in [6.07, 6.45) is 0. The molecule has 6 heavy (non-hydrogen) atoms. The van der Waals surface area contributed by atoms with Crippen LogP contribution in [-0.2, 0) is 0 Å². The molecule has 0 heterocycles. The van der Waals surface area contributed by atoms with E-state index in [0.29, 0.717) is 0 Å². The molecule has 6 heteroatoms. The van der Waals surface area contributed by atoms with Crippen LogP contribution < -0.4 is 0 Å². The predicted octanol–water partition coefficient (Wildman–Crippen LogP) is 0.919. The van der Waals surface area contributed by atoms with Crippen LogP contribution in [0.25, 0.3) is 0 Å². The van der Waals surface area contributed by atoms with Crippen molar-refractivity contribution in [1.29, 1.82) is 0 Å². The summed E-state index contributed by atoms with van der Waals surface area (Å²) < 4.78 is 39.0. The maximum atomic E-state index is 9.75. The standard InChI is InChI=1S/BF4.B/c2-1(3,4)5;/q-1;. The first-order valence-electron chi connectivity index (χ1n) is 0.873. The molecular formula is B2F4-. The van der Waals surface area contributed by atoms with E-state index in [1.165, 1.54) is 0 Å². The van der Waals surface area contributed by atoms with Gasteiger partial charge in [0.1, 0.15) is 0 Å². The quantitative estimate of drug-likeness (QED) is 0.312. The molecule has 0 atom stereocenters. The Hall–Kier alpha value is -0.150. The Morgan fingerprint density at radius 1 is 0.833 bits per heavy atom. The van der Waals surface area contributed by atoms with E-state index in [1.54, 1.807) is 0 Å². The Morgan fingerprint density at radius 2 is 0.833 bits per heavy atom. The zero-order valence-electron chi connectivity index (χ0n) is 2.67. The predicted molar refractivity (Wildman–Crippen MR) is 15.9 cm³/mol. The van der Waals surface area contributed by atoms with Crippen LogP contribution in [-0.4, -0.2) is 15.7 Å². The first kappa shape index (κ1) is 9.28. The molecule has 0 rings (SSSR count). The second-order valence-corrected chi connectivity index (χ2v) is 0.495. The van der Waals surface area contributed by atoms with Gasteiger partial charge in [0.2, 0.25) is 0 Å². The zero-order valence-corrected chi connectivity index (χ0v) is 2.67. The van der Waals surface area contributed by atoms with Gasteiger partial charge in [-0.05, 0) is 0 Å². The van der Waals surface area contributed by atoms with Crippen molar-refractivity contribution >= 4 is 15.7 Å². The number of hydrogen-bond acceptors (Lipinski definition) is 0. The maximum Gasteiger partial charge on any atom is 0.673 e. The lowest BCUT2D eigenvalue weighted by molar-refractivity contribution is 0.368. The van der Waals surface area contributed by atoms with Gasteiger partial charge in [0.25, 0.3) is 0 Å². The van der Waals surface area contributed by atoms with E-state index in [1.807, 2.05) is 0 Å². The third kappa shape index (κ3) is 1390. The normalized spacial score (nSPS) is 10.0. The third-order valence-electron chi connectivity index (χ3n) is 0. The minimum Gasteiger partial charge on any atom is -0.418 e. The highest BCUT2D eigenvalue weighted by Crippen LogP contribution is 2.06. The molecule has 0 saturated carbocycles. The number of halogens is 4.